The van der Waals surface area contributed by atoms with E-state index >= 15 is 0 Å². The minimum Gasteiger partial charge on any atom is -0.322 e. The fraction of sp³-hybridized carbons (Fsp3) is 0.316. The Morgan fingerprint density at radius 2 is 1.93 bits per heavy atom. The number of primary sulfonamides is 1. The average molecular weight is 450 g/mol. The Kier molecular flexibility index (Phi) is 6.36. The van der Waals surface area contributed by atoms with Gasteiger partial charge in [0.25, 0.3) is 11.5 Å². The number of sulfonamides is 1. The third-order valence-electron chi connectivity index (χ3n) is 4.53. The molecule has 0 atom stereocenters. The molecule has 2 heterocycles. The number of nitrogens with one attached hydrogen (secondary N) is 1. The van der Waals surface area contributed by atoms with Gasteiger partial charge in [-0.25, -0.2) is 18.5 Å². The van der Waals surface area contributed by atoms with E-state index in [1.54, 1.807) is 6.92 Å². The number of rotatable bonds is 7. The van der Waals surface area contributed by atoms with E-state index in [1.807, 2.05) is 19.0 Å². The van der Waals surface area contributed by atoms with Crippen LogP contribution in [0.2, 0.25) is 0 Å². The number of carbonyl (C=O) groups is 1. The van der Waals surface area contributed by atoms with Crippen molar-refractivity contribution >= 4 is 43.2 Å². The third kappa shape index (κ3) is 4.75. The number of hydrogen-bond donors (Lipinski definition) is 2. The van der Waals surface area contributed by atoms with Crippen molar-refractivity contribution in [2.75, 3.05) is 26.0 Å². The molecule has 2 aromatic heterocycles. The van der Waals surface area contributed by atoms with Gasteiger partial charge in [-0.05, 0) is 58.3 Å². The Bertz CT molecular complexity index is 1240. The summed E-state index contributed by atoms with van der Waals surface area (Å²) < 4.78 is 24.3. The number of thiophene rings is 1. The molecular weight excluding hydrogens is 426 g/mol. The SMILES string of the molecule is Cc1sc2ncn(CCCN(C)C)c(=O)c2c1C(=O)Nc1ccc(S(N)(=O)=O)cc1. The van der Waals surface area contributed by atoms with Gasteiger partial charge < -0.3 is 10.2 Å². The molecule has 0 aliphatic heterocycles. The van der Waals surface area contributed by atoms with Gasteiger partial charge in [-0.1, -0.05) is 0 Å². The van der Waals surface area contributed by atoms with Crippen molar-refractivity contribution in [3.05, 3.63) is 51.4 Å². The van der Waals surface area contributed by atoms with E-state index in [4.69, 9.17) is 5.14 Å². The van der Waals surface area contributed by atoms with Gasteiger partial charge in [0.15, 0.2) is 0 Å². The summed E-state index contributed by atoms with van der Waals surface area (Å²) >= 11 is 1.29. The summed E-state index contributed by atoms with van der Waals surface area (Å²) in [7, 11) is 0.109. The number of benzene rings is 1. The summed E-state index contributed by atoms with van der Waals surface area (Å²) in [5, 5.41) is 8.09. The lowest BCUT2D eigenvalue weighted by atomic mass is 10.1. The molecule has 160 valence electrons. The molecule has 0 bridgehead atoms. The van der Waals surface area contributed by atoms with Crippen LogP contribution in [0.15, 0.2) is 40.3 Å². The predicted molar refractivity (Wildman–Crippen MR) is 118 cm³/mol. The van der Waals surface area contributed by atoms with Gasteiger partial charge in [0.1, 0.15) is 4.83 Å². The van der Waals surface area contributed by atoms with E-state index in [2.05, 4.69) is 10.3 Å². The molecule has 3 rings (SSSR count). The van der Waals surface area contributed by atoms with Gasteiger partial charge in [0.2, 0.25) is 10.0 Å². The number of amides is 1. The summed E-state index contributed by atoms with van der Waals surface area (Å²) in [4.78, 5) is 33.5. The zero-order valence-corrected chi connectivity index (χ0v) is 18.5. The van der Waals surface area contributed by atoms with Gasteiger partial charge >= 0.3 is 0 Å². The summed E-state index contributed by atoms with van der Waals surface area (Å²) in [6.07, 6.45) is 2.30. The zero-order valence-electron chi connectivity index (χ0n) is 16.9. The van der Waals surface area contributed by atoms with Crippen molar-refractivity contribution in [1.82, 2.24) is 14.5 Å². The van der Waals surface area contributed by atoms with E-state index in [0.717, 1.165) is 13.0 Å². The summed E-state index contributed by atoms with van der Waals surface area (Å²) in [6, 6.07) is 5.50. The molecule has 0 saturated carbocycles. The summed E-state index contributed by atoms with van der Waals surface area (Å²) in [5.74, 6) is -0.452. The molecule has 0 saturated heterocycles. The van der Waals surface area contributed by atoms with E-state index in [9.17, 15) is 18.0 Å². The van der Waals surface area contributed by atoms with Crippen LogP contribution in [-0.4, -0.2) is 49.4 Å². The quantitative estimate of drug-likeness (QED) is 0.564. The van der Waals surface area contributed by atoms with Crippen molar-refractivity contribution in [1.29, 1.82) is 0 Å². The maximum atomic E-state index is 13.0. The smallest absolute Gasteiger partial charge is 0.262 e. The molecule has 0 aliphatic carbocycles. The average Bonchev–Trinajstić information content (AvgIpc) is 3.00. The largest absolute Gasteiger partial charge is 0.322 e. The first-order valence-electron chi connectivity index (χ1n) is 9.15. The van der Waals surface area contributed by atoms with Crippen molar-refractivity contribution in [2.45, 2.75) is 24.8 Å². The van der Waals surface area contributed by atoms with E-state index in [-0.39, 0.29) is 16.0 Å². The van der Waals surface area contributed by atoms with Crippen molar-refractivity contribution in [2.24, 2.45) is 5.14 Å². The van der Waals surface area contributed by atoms with E-state index in [1.165, 1.54) is 46.5 Å². The zero-order chi connectivity index (χ0) is 22.1. The van der Waals surface area contributed by atoms with Crippen molar-refractivity contribution in [3.63, 3.8) is 0 Å². The normalized spacial score (nSPS) is 11.9. The number of aromatic nitrogens is 2. The van der Waals surface area contributed by atoms with Gasteiger partial charge in [0, 0.05) is 17.1 Å². The number of anilines is 1. The monoisotopic (exact) mass is 449 g/mol. The highest BCUT2D eigenvalue weighted by Crippen LogP contribution is 2.27. The lowest BCUT2D eigenvalue weighted by Gasteiger charge is -2.10. The first-order valence-corrected chi connectivity index (χ1v) is 11.5. The highest BCUT2D eigenvalue weighted by Gasteiger charge is 2.21. The molecule has 9 nitrogen and oxygen atoms in total. The van der Waals surface area contributed by atoms with Crippen LogP contribution in [0.4, 0.5) is 5.69 Å². The number of aryl methyl sites for hydroxylation is 2. The Labute approximate surface area is 178 Å². The van der Waals surface area contributed by atoms with E-state index < -0.39 is 15.9 Å². The first-order chi connectivity index (χ1) is 14.1. The molecule has 1 amide bonds. The molecule has 1 aromatic carbocycles. The molecule has 30 heavy (non-hydrogen) atoms. The molecule has 0 fully saturated rings. The fourth-order valence-corrected chi connectivity index (χ4v) is 4.54. The second-order valence-corrected chi connectivity index (χ2v) is 9.90. The van der Waals surface area contributed by atoms with Crippen LogP contribution in [0.1, 0.15) is 21.7 Å². The van der Waals surface area contributed by atoms with Crippen LogP contribution in [0.25, 0.3) is 10.2 Å². The third-order valence-corrected chi connectivity index (χ3v) is 6.47. The van der Waals surface area contributed by atoms with Gasteiger partial charge in [-0.15, -0.1) is 11.3 Å². The van der Waals surface area contributed by atoms with E-state index in [0.29, 0.717) is 27.3 Å². The predicted octanol–water partition coefficient (Wildman–Crippen LogP) is 1.62. The van der Waals surface area contributed by atoms with Crippen LogP contribution < -0.4 is 16.0 Å². The van der Waals surface area contributed by atoms with Gasteiger partial charge in [0.05, 0.1) is 22.2 Å². The fourth-order valence-electron chi connectivity index (χ4n) is 3.05. The first kappa shape index (κ1) is 22.1. The molecule has 0 spiro atoms. The number of hydrogen-bond acceptors (Lipinski definition) is 7. The lowest BCUT2D eigenvalue weighted by molar-refractivity contribution is 0.102. The molecule has 0 unspecified atom stereocenters. The number of nitrogens with zero attached hydrogens (tertiary/aromatic N) is 3. The minimum atomic E-state index is -3.82. The Morgan fingerprint density at radius 3 is 2.53 bits per heavy atom. The summed E-state index contributed by atoms with van der Waals surface area (Å²) in [6.45, 7) is 3.10. The van der Waals surface area contributed by atoms with Gasteiger partial charge in [-0.2, -0.15) is 0 Å². The van der Waals surface area contributed by atoms with Crippen molar-refractivity contribution < 1.29 is 13.2 Å². The molecular formula is C19H23N5O4S2. The topological polar surface area (TPSA) is 127 Å². The van der Waals surface area contributed by atoms with Gasteiger partial charge in [-0.3, -0.25) is 14.2 Å². The standard InChI is InChI=1S/C19H23N5O4S2/c1-12-15(17(25)22-13-5-7-14(8-6-13)30(20,27)28)16-18(29-12)21-11-24(19(16)26)10-4-9-23(2)3/h5-8,11H,4,9-10H2,1-3H3,(H,22,25)(H2,20,27,28). The maximum absolute atomic E-state index is 13.0. The highest BCUT2D eigenvalue weighted by atomic mass is 32.2. The molecule has 3 aromatic rings. The van der Waals surface area contributed by atoms with Crippen LogP contribution in [-0.2, 0) is 16.6 Å². The van der Waals surface area contributed by atoms with Crippen molar-refractivity contribution in [3.8, 4) is 0 Å². The minimum absolute atomic E-state index is 0.0533. The van der Waals surface area contributed by atoms with Crippen LogP contribution in [0.3, 0.4) is 0 Å². The summed E-state index contributed by atoms with van der Waals surface area (Å²) in [5.41, 5.74) is 0.421. The Balaban J connectivity index is 1.91. The molecule has 0 aliphatic rings. The van der Waals surface area contributed by atoms with Crippen LogP contribution in [0.5, 0.6) is 0 Å². The Morgan fingerprint density at radius 1 is 1.27 bits per heavy atom. The highest BCUT2D eigenvalue weighted by molar-refractivity contribution is 7.89. The molecule has 0 radical (unpaired) electrons. The second-order valence-electron chi connectivity index (χ2n) is 7.14. The number of fused-ring (bicyclic) bond motifs is 1. The Hall–Kier alpha value is -2.60. The molecule has 3 N–H and O–H groups in total. The van der Waals surface area contributed by atoms with Crippen LogP contribution >= 0.6 is 11.3 Å². The number of nitrogens with two attached hydrogens (primary N) is 1. The number of carbonyl (C=O) groups excluding carboxylic acids is 1. The van der Waals surface area contributed by atoms with Crippen LogP contribution in [0, 0.1) is 6.92 Å². The molecule has 11 heteroatoms. The second kappa shape index (κ2) is 8.64. The lowest BCUT2D eigenvalue weighted by Crippen LogP contribution is -2.24. The maximum Gasteiger partial charge on any atom is 0.262 e.